The van der Waals surface area contributed by atoms with Gasteiger partial charge >= 0.3 is 5.97 Å². The second-order valence-electron chi connectivity index (χ2n) is 7.69. The zero-order valence-corrected chi connectivity index (χ0v) is 20.7. The van der Waals surface area contributed by atoms with E-state index < -0.39 is 25.8 Å². The van der Waals surface area contributed by atoms with E-state index in [9.17, 15) is 21.6 Å². The van der Waals surface area contributed by atoms with Gasteiger partial charge in [0.25, 0.3) is 10.0 Å². The molecule has 180 valence electrons. The van der Waals surface area contributed by atoms with Gasteiger partial charge in [-0.1, -0.05) is 42.5 Å². The van der Waals surface area contributed by atoms with E-state index in [1.54, 1.807) is 66.7 Å². The summed E-state index contributed by atoms with van der Waals surface area (Å²) in [7, 11) is -8.12. The Kier molecular flexibility index (Phi) is 7.06. The molecular weight excluding hydrogens is 506 g/mol. The maximum atomic E-state index is 13.0. The van der Waals surface area contributed by atoms with Crippen molar-refractivity contribution in [3.05, 3.63) is 107 Å². The summed E-state index contributed by atoms with van der Waals surface area (Å²) in [4.78, 5) is 10.7. The number of aryl methyl sites for hydroxylation is 2. The Hall–Kier alpha value is -3.47. The number of aromatic carboxylic acids is 1. The molecule has 0 atom stereocenters. The minimum atomic E-state index is -4.13. The molecule has 0 saturated heterocycles. The van der Waals surface area contributed by atoms with E-state index in [-0.39, 0.29) is 19.6 Å². The number of carboxylic acids is 1. The molecule has 0 amide bonds. The van der Waals surface area contributed by atoms with Crippen molar-refractivity contribution in [3.8, 4) is 0 Å². The van der Waals surface area contributed by atoms with Gasteiger partial charge in [-0.05, 0) is 71.8 Å². The van der Waals surface area contributed by atoms with Crippen molar-refractivity contribution in [2.45, 2.75) is 26.8 Å². The first kappa shape index (κ1) is 24.6. The Balaban J connectivity index is 1.46. The van der Waals surface area contributed by atoms with Crippen LogP contribution < -0.4 is 4.72 Å². The predicted molar refractivity (Wildman–Crippen MR) is 134 cm³/mol. The van der Waals surface area contributed by atoms with Crippen LogP contribution in [0.2, 0.25) is 0 Å². The summed E-state index contributed by atoms with van der Waals surface area (Å²) in [6.07, 6.45) is 1.38. The third kappa shape index (κ3) is 5.61. The SMILES string of the molecule is O=C(O)c1ccc(CCc2ccc(NS(=O)(=O)c3sccc3S(=O)(=O)c3ccccc3)cc2)cc1. The Labute approximate surface area is 207 Å². The number of thiophene rings is 1. The van der Waals surface area contributed by atoms with Gasteiger partial charge in [-0.25, -0.2) is 21.6 Å². The summed E-state index contributed by atoms with van der Waals surface area (Å²) in [6.45, 7) is 0. The second kappa shape index (κ2) is 10.0. The lowest BCUT2D eigenvalue weighted by Crippen LogP contribution is -2.15. The van der Waals surface area contributed by atoms with Crippen LogP contribution in [-0.4, -0.2) is 27.9 Å². The number of rotatable bonds is 9. The predicted octanol–water partition coefficient (Wildman–Crippen LogP) is 4.87. The second-order valence-corrected chi connectivity index (χ2v) is 12.4. The van der Waals surface area contributed by atoms with Crippen molar-refractivity contribution in [2.24, 2.45) is 0 Å². The molecule has 0 radical (unpaired) electrons. The Morgan fingerprint density at radius 3 is 1.91 bits per heavy atom. The van der Waals surface area contributed by atoms with Crippen molar-refractivity contribution in [3.63, 3.8) is 0 Å². The fourth-order valence-electron chi connectivity index (χ4n) is 3.45. The van der Waals surface area contributed by atoms with E-state index in [1.807, 2.05) is 0 Å². The van der Waals surface area contributed by atoms with Crippen molar-refractivity contribution < 1.29 is 26.7 Å². The van der Waals surface area contributed by atoms with E-state index in [4.69, 9.17) is 5.11 Å². The molecular formula is C25H21NO6S3. The van der Waals surface area contributed by atoms with Crippen LogP contribution in [0.3, 0.4) is 0 Å². The van der Waals surface area contributed by atoms with Crippen LogP contribution in [0.15, 0.2) is 104 Å². The normalized spacial score (nSPS) is 11.8. The molecule has 4 rings (SSSR count). The molecule has 1 heterocycles. The topological polar surface area (TPSA) is 118 Å². The molecule has 0 unspecified atom stereocenters. The van der Waals surface area contributed by atoms with Crippen LogP contribution in [-0.2, 0) is 32.7 Å². The Bertz CT molecular complexity index is 1540. The molecule has 1 aromatic heterocycles. The number of sulfonamides is 1. The van der Waals surface area contributed by atoms with E-state index in [0.717, 1.165) is 22.5 Å². The first-order chi connectivity index (χ1) is 16.7. The molecule has 0 aliphatic rings. The number of sulfone groups is 1. The third-order valence-electron chi connectivity index (χ3n) is 5.29. The number of anilines is 1. The van der Waals surface area contributed by atoms with E-state index >= 15 is 0 Å². The first-order valence-electron chi connectivity index (χ1n) is 10.5. The van der Waals surface area contributed by atoms with Crippen molar-refractivity contribution in [1.29, 1.82) is 0 Å². The molecule has 10 heteroatoms. The highest BCUT2D eigenvalue weighted by Crippen LogP contribution is 2.32. The summed E-state index contributed by atoms with van der Waals surface area (Å²) in [6, 6.07) is 22.5. The summed E-state index contributed by atoms with van der Waals surface area (Å²) in [5.41, 5.74) is 2.51. The number of nitrogens with one attached hydrogen (secondary N) is 1. The summed E-state index contributed by atoms with van der Waals surface area (Å²) >= 11 is 0.843. The zero-order chi connectivity index (χ0) is 25.1. The van der Waals surface area contributed by atoms with Crippen LogP contribution in [0.25, 0.3) is 0 Å². The smallest absolute Gasteiger partial charge is 0.335 e. The Morgan fingerprint density at radius 2 is 1.34 bits per heavy atom. The standard InChI is InChI=1S/C25H21NO6S3/c27-24(28)20-12-8-18(9-13-20)6-7-19-10-14-21(15-11-19)26-35(31,32)25-23(16-17-33-25)34(29,30)22-4-2-1-3-5-22/h1-5,8-17,26H,6-7H2,(H,27,28). The average molecular weight is 528 g/mol. The van der Waals surface area contributed by atoms with Gasteiger partial charge in [-0.15, -0.1) is 11.3 Å². The quantitative estimate of drug-likeness (QED) is 0.321. The van der Waals surface area contributed by atoms with Gasteiger partial charge in [0.05, 0.1) is 10.5 Å². The number of carboxylic acid groups (broad SMARTS) is 1. The molecule has 3 aromatic carbocycles. The molecule has 35 heavy (non-hydrogen) atoms. The highest BCUT2D eigenvalue weighted by molar-refractivity contribution is 7.96. The lowest BCUT2D eigenvalue weighted by Gasteiger charge is -2.10. The summed E-state index contributed by atoms with van der Waals surface area (Å²) in [5, 5.41) is 10.4. The molecule has 0 fully saturated rings. The van der Waals surface area contributed by atoms with Gasteiger partial charge in [-0.2, -0.15) is 0 Å². The maximum absolute atomic E-state index is 13.0. The lowest BCUT2D eigenvalue weighted by atomic mass is 10.0. The summed E-state index contributed by atoms with van der Waals surface area (Å²) < 4.78 is 54.2. The molecule has 2 N–H and O–H groups in total. The number of benzene rings is 3. The van der Waals surface area contributed by atoms with Crippen molar-refractivity contribution in [2.75, 3.05) is 4.72 Å². The Morgan fingerprint density at radius 1 is 0.771 bits per heavy atom. The molecule has 0 aliphatic carbocycles. The monoisotopic (exact) mass is 527 g/mol. The molecule has 7 nitrogen and oxygen atoms in total. The highest BCUT2D eigenvalue weighted by atomic mass is 32.2. The van der Waals surface area contributed by atoms with Gasteiger partial charge in [-0.3, -0.25) is 4.72 Å². The largest absolute Gasteiger partial charge is 0.478 e. The number of hydrogen-bond donors (Lipinski definition) is 2. The number of carbonyl (C=O) groups is 1. The van der Waals surface area contributed by atoms with E-state index in [2.05, 4.69) is 4.72 Å². The molecule has 0 bridgehead atoms. The first-order valence-corrected chi connectivity index (χ1v) is 14.3. The van der Waals surface area contributed by atoms with Gasteiger partial charge in [0.2, 0.25) is 9.84 Å². The van der Waals surface area contributed by atoms with Gasteiger partial charge < -0.3 is 5.11 Å². The molecule has 0 saturated carbocycles. The zero-order valence-electron chi connectivity index (χ0n) is 18.3. The fourth-order valence-corrected chi connectivity index (χ4v) is 8.09. The van der Waals surface area contributed by atoms with Crippen LogP contribution in [0.5, 0.6) is 0 Å². The molecule has 4 aromatic rings. The van der Waals surface area contributed by atoms with Crippen LogP contribution in [0.1, 0.15) is 21.5 Å². The van der Waals surface area contributed by atoms with E-state index in [0.29, 0.717) is 18.5 Å². The van der Waals surface area contributed by atoms with Gasteiger partial charge in [0.1, 0.15) is 4.90 Å². The third-order valence-corrected chi connectivity index (χ3v) is 10.2. The van der Waals surface area contributed by atoms with Gasteiger partial charge in [0, 0.05) is 5.69 Å². The van der Waals surface area contributed by atoms with Crippen LogP contribution in [0.4, 0.5) is 5.69 Å². The maximum Gasteiger partial charge on any atom is 0.335 e. The van der Waals surface area contributed by atoms with Gasteiger partial charge in [0.15, 0.2) is 4.21 Å². The van der Waals surface area contributed by atoms with Crippen LogP contribution >= 0.6 is 11.3 Å². The van der Waals surface area contributed by atoms with E-state index in [1.165, 1.54) is 23.6 Å². The van der Waals surface area contributed by atoms with Crippen molar-refractivity contribution >= 4 is 42.9 Å². The average Bonchev–Trinajstić information content (AvgIpc) is 3.37. The fraction of sp³-hybridized carbons (Fsp3) is 0.0800. The van der Waals surface area contributed by atoms with Crippen LogP contribution in [0, 0.1) is 0 Å². The highest BCUT2D eigenvalue weighted by Gasteiger charge is 2.29. The summed E-state index contributed by atoms with van der Waals surface area (Å²) in [5.74, 6) is -0.970. The minimum absolute atomic E-state index is 0.0248. The van der Waals surface area contributed by atoms with Crippen molar-refractivity contribution in [1.82, 2.24) is 0 Å². The lowest BCUT2D eigenvalue weighted by molar-refractivity contribution is 0.0697. The molecule has 0 spiro atoms. The minimum Gasteiger partial charge on any atom is -0.478 e. The molecule has 0 aliphatic heterocycles. The number of hydrogen-bond acceptors (Lipinski definition) is 6.